The number of benzene rings is 2. The minimum absolute atomic E-state index is 0.00741. The Hall–Kier alpha value is -1.61. The highest BCUT2D eigenvalue weighted by Crippen LogP contribution is 2.24. The van der Waals surface area contributed by atoms with Gasteiger partial charge in [-0.2, -0.15) is 0 Å². The van der Waals surface area contributed by atoms with E-state index in [0.29, 0.717) is 10.6 Å². The van der Waals surface area contributed by atoms with Crippen molar-refractivity contribution in [1.29, 1.82) is 0 Å². The summed E-state index contributed by atoms with van der Waals surface area (Å²) in [6, 6.07) is 10.2. The molecule has 0 aliphatic carbocycles. The minimum Gasteiger partial charge on any atom is -0.325 e. The number of nitrogens with one attached hydrogen (secondary N) is 1. The van der Waals surface area contributed by atoms with Crippen LogP contribution in [0.25, 0.3) is 0 Å². The molecule has 134 valence electrons. The highest BCUT2D eigenvalue weighted by Gasteiger charge is 2.17. The maximum absolute atomic E-state index is 13.1. The van der Waals surface area contributed by atoms with E-state index in [9.17, 15) is 17.6 Å². The molecule has 2 aromatic rings. The Morgan fingerprint density at radius 1 is 1.24 bits per heavy atom. The predicted octanol–water partition coefficient (Wildman–Crippen LogP) is 3.46. The number of anilines is 1. The molecular formula is C16H16ClFN2O3S2. The van der Waals surface area contributed by atoms with Gasteiger partial charge in [0.2, 0.25) is 15.9 Å². The van der Waals surface area contributed by atoms with Crippen molar-refractivity contribution in [3.05, 3.63) is 53.3 Å². The normalized spacial score (nSPS) is 11.6. The molecule has 0 aromatic heterocycles. The molecule has 0 spiro atoms. The summed E-state index contributed by atoms with van der Waals surface area (Å²) in [6.45, 7) is 0. The van der Waals surface area contributed by atoms with E-state index in [-0.39, 0.29) is 21.6 Å². The van der Waals surface area contributed by atoms with E-state index >= 15 is 0 Å². The van der Waals surface area contributed by atoms with Crippen LogP contribution in [0.2, 0.25) is 5.02 Å². The summed E-state index contributed by atoms with van der Waals surface area (Å²) in [7, 11) is -0.702. The van der Waals surface area contributed by atoms with Crippen molar-refractivity contribution in [2.24, 2.45) is 0 Å². The Morgan fingerprint density at radius 2 is 1.96 bits per heavy atom. The van der Waals surface area contributed by atoms with E-state index in [2.05, 4.69) is 5.32 Å². The second kappa shape index (κ2) is 8.18. The van der Waals surface area contributed by atoms with Crippen LogP contribution in [0.1, 0.15) is 0 Å². The van der Waals surface area contributed by atoms with Crippen LogP contribution >= 0.6 is 23.4 Å². The third-order valence-corrected chi connectivity index (χ3v) is 6.25. The lowest BCUT2D eigenvalue weighted by Crippen LogP contribution is -2.22. The zero-order chi connectivity index (χ0) is 18.6. The quantitative estimate of drug-likeness (QED) is 0.751. The van der Waals surface area contributed by atoms with Crippen LogP contribution in [0.4, 0.5) is 10.1 Å². The van der Waals surface area contributed by atoms with Crippen LogP contribution in [0.5, 0.6) is 0 Å². The maximum Gasteiger partial charge on any atom is 0.242 e. The zero-order valence-electron chi connectivity index (χ0n) is 13.5. The van der Waals surface area contributed by atoms with Crippen molar-refractivity contribution in [3.63, 3.8) is 0 Å². The molecular weight excluding hydrogens is 387 g/mol. The van der Waals surface area contributed by atoms with E-state index in [1.165, 1.54) is 56.2 Å². The summed E-state index contributed by atoms with van der Waals surface area (Å²) in [4.78, 5) is 12.8. The third kappa shape index (κ3) is 5.18. The number of halogens is 2. The SMILES string of the molecule is CN(C)S(=O)(=O)c1cccc(NC(=O)CSc2ccc(F)c(Cl)c2)c1. The molecule has 0 atom stereocenters. The molecule has 0 unspecified atom stereocenters. The molecule has 9 heteroatoms. The molecule has 0 bridgehead atoms. The Balaban J connectivity index is 2.02. The molecule has 2 aromatic carbocycles. The topological polar surface area (TPSA) is 66.5 Å². The van der Waals surface area contributed by atoms with E-state index in [1.807, 2.05) is 0 Å². The number of amides is 1. The predicted molar refractivity (Wildman–Crippen MR) is 98.1 cm³/mol. The number of hydrogen-bond donors (Lipinski definition) is 1. The highest BCUT2D eigenvalue weighted by molar-refractivity contribution is 8.00. The molecule has 2 rings (SSSR count). The van der Waals surface area contributed by atoms with Gasteiger partial charge in [0.15, 0.2) is 0 Å². The monoisotopic (exact) mass is 402 g/mol. The minimum atomic E-state index is -3.57. The molecule has 5 nitrogen and oxygen atoms in total. The lowest BCUT2D eigenvalue weighted by molar-refractivity contribution is -0.113. The number of carbonyl (C=O) groups excluding carboxylic acids is 1. The molecule has 0 aliphatic heterocycles. The number of thioether (sulfide) groups is 1. The largest absolute Gasteiger partial charge is 0.325 e. The molecule has 0 saturated heterocycles. The van der Waals surface area contributed by atoms with Gasteiger partial charge in [0.1, 0.15) is 5.82 Å². The molecule has 1 N–H and O–H groups in total. The van der Waals surface area contributed by atoms with Crippen molar-refractivity contribution in [2.45, 2.75) is 9.79 Å². The summed E-state index contributed by atoms with van der Waals surface area (Å²) in [5.41, 5.74) is 0.380. The smallest absolute Gasteiger partial charge is 0.242 e. The van der Waals surface area contributed by atoms with Crippen LogP contribution in [-0.2, 0) is 14.8 Å². The van der Waals surface area contributed by atoms with E-state index < -0.39 is 15.8 Å². The second-order valence-corrected chi connectivity index (χ2v) is 8.84. The molecule has 0 saturated carbocycles. The number of sulfonamides is 1. The first-order chi connectivity index (χ1) is 11.7. The summed E-state index contributed by atoms with van der Waals surface area (Å²) >= 11 is 6.89. The molecule has 25 heavy (non-hydrogen) atoms. The van der Waals surface area contributed by atoms with Gasteiger partial charge in [0, 0.05) is 24.7 Å². The van der Waals surface area contributed by atoms with Crippen LogP contribution in [0.3, 0.4) is 0 Å². The van der Waals surface area contributed by atoms with Crippen molar-refractivity contribution in [1.82, 2.24) is 4.31 Å². The van der Waals surface area contributed by atoms with Crippen LogP contribution in [-0.4, -0.2) is 38.5 Å². The number of hydrogen-bond acceptors (Lipinski definition) is 4. The van der Waals surface area contributed by atoms with Crippen LogP contribution in [0, 0.1) is 5.82 Å². The average Bonchev–Trinajstić information content (AvgIpc) is 2.56. The fourth-order valence-electron chi connectivity index (χ4n) is 1.86. The van der Waals surface area contributed by atoms with Crippen molar-refractivity contribution >= 4 is 45.0 Å². The van der Waals surface area contributed by atoms with Gasteiger partial charge in [-0.1, -0.05) is 17.7 Å². The fraction of sp³-hybridized carbons (Fsp3) is 0.188. The van der Waals surface area contributed by atoms with Crippen molar-refractivity contribution in [3.8, 4) is 0 Å². The molecule has 1 amide bonds. The van der Waals surface area contributed by atoms with Gasteiger partial charge in [-0.05, 0) is 36.4 Å². The summed E-state index contributed by atoms with van der Waals surface area (Å²) in [6.07, 6.45) is 0. The average molecular weight is 403 g/mol. The van der Waals surface area contributed by atoms with Gasteiger partial charge in [-0.15, -0.1) is 11.8 Å². The van der Waals surface area contributed by atoms with Gasteiger partial charge < -0.3 is 5.32 Å². The van der Waals surface area contributed by atoms with Gasteiger partial charge in [-0.3, -0.25) is 4.79 Å². The van der Waals surface area contributed by atoms with E-state index in [1.54, 1.807) is 12.1 Å². The number of rotatable bonds is 6. The lowest BCUT2D eigenvalue weighted by Gasteiger charge is -2.12. The highest BCUT2D eigenvalue weighted by atomic mass is 35.5. The Bertz CT molecular complexity index is 889. The number of nitrogens with zero attached hydrogens (tertiary/aromatic N) is 1. The first-order valence-corrected chi connectivity index (χ1v) is 9.91. The van der Waals surface area contributed by atoms with Gasteiger partial charge in [0.25, 0.3) is 0 Å². The summed E-state index contributed by atoms with van der Waals surface area (Å²) in [5.74, 6) is -0.758. The number of carbonyl (C=O) groups is 1. The van der Waals surface area contributed by atoms with Crippen LogP contribution < -0.4 is 5.32 Å². The molecule has 0 heterocycles. The van der Waals surface area contributed by atoms with Crippen LogP contribution in [0.15, 0.2) is 52.3 Å². The van der Waals surface area contributed by atoms with E-state index in [4.69, 9.17) is 11.6 Å². The first kappa shape index (κ1) is 19.7. The Morgan fingerprint density at radius 3 is 2.60 bits per heavy atom. The molecule has 0 radical (unpaired) electrons. The standard InChI is InChI=1S/C16H16ClFN2O3S2/c1-20(2)25(22,23)13-5-3-4-11(8-13)19-16(21)10-24-12-6-7-15(18)14(17)9-12/h3-9H,10H2,1-2H3,(H,19,21). The van der Waals surface area contributed by atoms with Crippen molar-refractivity contribution < 1.29 is 17.6 Å². The Kier molecular flexibility index (Phi) is 6.45. The lowest BCUT2D eigenvalue weighted by atomic mass is 10.3. The maximum atomic E-state index is 13.1. The summed E-state index contributed by atoms with van der Waals surface area (Å²) in [5, 5.41) is 2.63. The Labute approximate surface area is 155 Å². The van der Waals surface area contributed by atoms with E-state index in [0.717, 1.165) is 4.31 Å². The zero-order valence-corrected chi connectivity index (χ0v) is 15.9. The van der Waals surface area contributed by atoms with Crippen molar-refractivity contribution in [2.75, 3.05) is 25.2 Å². The second-order valence-electron chi connectivity index (χ2n) is 5.23. The fourth-order valence-corrected chi connectivity index (χ4v) is 3.79. The molecule has 0 aliphatic rings. The van der Waals surface area contributed by atoms with Gasteiger partial charge in [-0.25, -0.2) is 17.1 Å². The van der Waals surface area contributed by atoms with Gasteiger partial charge in [0.05, 0.1) is 15.7 Å². The van der Waals surface area contributed by atoms with Gasteiger partial charge >= 0.3 is 0 Å². The first-order valence-electron chi connectivity index (χ1n) is 7.10. The third-order valence-electron chi connectivity index (χ3n) is 3.16. The summed E-state index contributed by atoms with van der Waals surface area (Å²) < 4.78 is 38.4. The molecule has 0 fully saturated rings.